The van der Waals surface area contributed by atoms with Gasteiger partial charge in [-0.05, 0) is 25.1 Å². The van der Waals surface area contributed by atoms with E-state index in [2.05, 4.69) is 0 Å². The lowest BCUT2D eigenvalue weighted by atomic mass is 10.1. The van der Waals surface area contributed by atoms with Gasteiger partial charge < -0.3 is 9.47 Å². The minimum atomic E-state index is -0.652. The molecule has 1 aliphatic heterocycles. The van der Waals surface area contributed by atoms with E-state index in [1.54, 1.807) is 36.1 Å². The molecule has 0 saturated carbocycles. The highest BCUT2D eigenvalue weighted by atomic mass is 16.6. The molecule has 0 N–H and O–H groups in total. The van der Waals surface area contributed by atoms with Crippen LogP contribution in [0, 0.1) is 0 Å². The number of benzene rings is 1. The van der Waals surface area contributed by atoms with Crippen LogP contribution in [-0.4, -0.2) is 29.8 Å². The Morgan fingerprint density at radius 3 is 2.64 bits per heavy atom. The van der Waals surface area contributed by atoms with E-state index in [0.29, 0.717) is 12.2 Å². The summed E-state index contributed by atoms with van der Waals surface area (Å²) in [4.78, 5) is 24.1. The van der Waals surface area contributed by atoms with Gasteiger partial charge in [-0.15, -0.1) is 0 Å². The van der Waals surface area contributed by atoms with E-state index in [-0.39, 0.29) is 12.5 Å². The lowest BCUT2D eigenvalue weighted by molar-refractivity contribution is -0.150. The van der Waals surface area contributed by atoms with Gasteiger partial charge in [-0.25, -0.2) is 9.80 Å². The Bertz CT molecular complexity index is 681. The van der Waals surface area contributed by atoms with Crippen LogP contribution in [-0.2, 0) is 14.3 Å². The lowest BCUT2D eigenvalue weighted by Gasteiger charge is -2.25. The quantitative estimate of drug-likeness (QED) is 0.791. The van der Waals surface area contributed by atoms with Crippen LogP contribution in [0.15, 0.2) is 48.8 Å². The Labute approximate surface area is 127 Å². The van der Waals surface area contributed by atoms with Gasteiger partial charge in [-0.2, -0.15) is 0 Å². The molecule has 0 bridgehead atoms. The van der Waals surface area contributed by atoms with Crippen LogP contribution in [0.4, 0.5) is 0 Å². The first-order valence-corrected chi connectivity index (χ1v) is 7.05. The molecule has 0 saturated heterocycles. The first-order valence-electron chi connectivity index (χ1n) is 7.05. The molecule has 0 spiro atoms. The van der Waals surface area contributed by atoms with Crippen LogP contribution in [0.1, 0.15) is 29.1 Å². The molecule has 0 radical (unpaired) electrons. The molecule has 1 aliphatic rings. The van der Waals surface area contributed by atoms with Crippen molar-refractivity contribution in [1.82, 2.24) is 4.68 Å². The van der Waals surface area contributed by atoms with E-state index in [9.17, 15) is 9.59 Å². The zero-order valence-corrected chi connectivity index (χ0v) is 12.1. The summed E-state index contributed by atoms with van der Waals surface area (Å²) in [6.45, 7) is 1.82. The average Bonchev–Trinajstić information content (AvgIpc) is 3.13. The number of aromatic nitrogens is 1. The Morgan fingerprint density at radius 2 is 1.91 bits per heavy atom. The van der Waals surface area contributed by atoms with E-state index in [4.69, 9.17) is 9.47 Å². The van der Waals surface area contributed by atoms with Crippen LogP contribution < -0.4 is 5.01 Å². The standard InChI is InChI=1S/C16H16N2O4/c1-2-21-14(19)11-22-16-13-8-4-3-7-12(13)15(20)18(16)17-9-5-6-10-17/h3-10,16H,2,11H2,1H3. The topological polar surface area (TPSA) is 60.8 Å². The van der Waals surface area contributed by atoms with Crippen LogP contribution in [0.3, 0.4) is 0 Å². The molecule has 2 heterocycles. The lowest BCUT2D eigenvalue weighted by Crippen LogP contribution is -2.39. The minimum Gasteiger partial charge on any atom is -0.464 e. The van der Waals surface area contributed by atoms with Gasteiger partial charge in [-0.1, -0.05) is 18.2 Å². The number of fused-ring (bicyclic) bond motifs is 1. The van der Waals surface area contributed by atoms with E-state index in [1.165, 1.54) is 5.01 Å². The molecular weight excluding hydrogens is 284 g/mol. The second kappa shape index (κ2) is 6.03. The van der Waals surface area contributed by atoms with Crippen molar-refractivity contribution in [3.63, 3.8) is 0 Å². The summed E-state index contributed by atoms with van der Waals surface area (Å²) in [5, 5.41) is 1.48. The zero-order valence-electron chi connectivity index (χ0n) is 12.1. The van der Waals surface area contributed by atoms with Crippen LogP contribution in [0.5, 0.6) is 0 Å². The number of hydrogen-bond donors (Lipinski definition) is 0. The summed E-state index contributed by atoms with van der Waals surface area (Å²) in [5.41, 5.74) is 1.32. The van der Waals surface area contributed by atoms with Crippen LogP contribution >= 0.6 is 0 Å². The second-order valence-electron chi connectivity index (χ2n) is 4.77. The smallest absolute Gasteiger partial charge is 0.332 e. The Morgan fingerprint density at radius 1 is 1.18 bits per heavy atom. The molecule has 0 aliphatic carbocycles. The number of esters is 1. The third-order valence-electron chi connectivity index (χ3n) is 3.39. The van der Waals surface area contributed by atoms with Crippen LogP contribution in [0.25, 0.3) is 0 Å². The predicted octanol–water partition coefficient (Wildman–Crippen LogP) is 1.86. The van der Waals surface area contributed by atoms with Crippen molar-refractivity contribution in [2.24, 2.45) is 0 Å². The number of carbonyl (C=O) groups is 2. The summed E-state index contributed by atoms with van der Waals surface area (Å²) in [6, 6.07) is 10.9. The molecule has 1 unspecified atom stereocenters. The number of rotatable bonds is 5. The highest BCUT2D eigenvalue weighted by Gasteiger charge is 2.38. The molecule has 1 atom stereocenters. The molecule has 2 aromatic rings. The van der Waals surface area contributed by atoms with Crippen molar-refractivity contribution in [3.8, 4) is 0 Å². The number of amides is 1. The van der Waals surface area contributed by atoms with E-state index in [1.807, 2.05) is 24.3 Å². The van der Waals surface area contributed by atoms with Gasteiger partial charge in [0.1, 0.15) is 6.61 Å². The molecule has 1 aromatic carbocycles. The fourth-order valence-electron chi connectivity index (χ4n) is 2.47. The summed E-state index contributed by atoms with van der Waals surface area (Å²) in [7, 11) is 0. The summed E-state index contributed by atoms with van der Waals surface area (Å²) >= 11 is 0. The van der Waals surface area contributed by atoms with Crippen LogP contribution in [0.2, 0.25) is 0 Å². The Hall–Kier alpha value is -2.60. The highest BCUT2D eigenvalue weighted by Crippen LogP contribution is 2.33. The van der Waals surface area contributed by atoms with Gasteiger partial charge in [0.25, 0.3) is 5.91 Å². The Kier molecular flexibility index (Phi) is 3.93. The molecule has 22 heavy (non-hydrogen) atoms. The van der Waals surface area contributed by atoms with Gasteiger partial charge in [0.15, 0.2) is 6.23 Å². The van der Waals surface area contributed by atoms with Crippen molar-refractivity contribution in [2.75, 3.05) is 18.2 Å². The Balaban J connectivity index is 1.89. The molecule has 6 nitrogen and oxygen atoms in total. The molecule has 0 fully saturated rings. The van der Waals surface area contributed by atoms with Gasteiger partial charge in [0.05, 0.1) is 6.61 Å². The van der Waals surface area contributed by atoms with Gasteiger partial charge in [0, 0.05) is 23.5 Å². The SMILES string of the molecule is CCOC(=O)COC1c2ccccc2C(=O)N1n1cccc1. The van der Waals surface area contributed by atoms with Crippen molar-refractivity contribution in [3.05, 3.63) is 59.9 Å². The van der Waals surface area contributed by atoms with E-state index < -0.39 is 12.2 Å². The molecule has 114 valence electrons. The van der Waals surface area contributed by atoms with Gasteiger partial charge in [-0.3, -0.25) is 9.47 Å². The third kappa shape index (κ3) is 2.48. The fraction of sp³-hybridized carbons (Fsp3) is 0.250. The highest BCUT2D eigenvalue weighted by molar-refractivity contribution is 6.06. The first-order chi connectivity index (χ1) is 10.7. The summed E-state index contributed by atoms with van der Waals surface area (Å²) in [6.07, 6.45) is 2.86. The monoisotopic (exact) mass is 300 g/mol. The molecule has 3 rings (SSSR count). The van der Waals surface area contributed by atoms with E-state index in [0.717, 1.165) is 5.56 Å². The van der Waals surface area contributed by atoms with Gasteiger partial charge in [0.2, 0.25) is 0 Å². The first kappa shape index (κ1) is 14.3. The maximum absolute atomic E-state index is 12.6. The number of carbonyl (C=O) groups excluding carboxylic acids is 2. The minimum absolute atomic E-state index is 0.166. The normalized spacial score (nSPS) is 16.7. The average molecular weight is 300 g/mol. The molecular formula is C16H16N2O4. The van der Waals surface area contributed by atoms with Crippen molar-refractivity contribution < 1.29 is 19.1 Å². The number of nitrogens with zero attached hydrogens (tertiary/aromatic N) is 2. The largest absolute Gasteiger partial charge is 0.464 e. The predicted molar refractivity (Wildman–Crippen MR) is 78.7 cm³/mol. The van der Waals surface area contributed by atoms with Gasteiger partial charge >= 0.3 is 5.97 Å². The second-order valence-corrected chi connectivity index (χ2v) is 4.77. The maximum atomic E-state index is 12.6. The number of hydrogen-bond acceptors (Lipinski definition) is 4. The van der Waals surface area contributed by atoms with Crippen molar-refractivity contribution >= 4 is 11.9 Å². The third-order valence-corrected chi connectivity index (χ3v) is 3.39. The molecule has 1 amide bonds. The van der Waals surface area contributed by atoms with Crippen molar-refractivity contribution in [1.29, 1.82) is 0 Å². The summed E-state index contributed by atoms with van der Waals surface area (Å²) < 4.78 is 12.2. The van der Waals surface area contributed by atoms with Crippen molar-refractivity contribution in [2.45, 2.75) is 13.2 Å². The van der Waals surface area contributed by atoms with E-state index >= 15 is 0 Å². The fourth-order valence-corrected chi connectivity index (χ4v) is 2.47. The molecule has 6 heteroatoms. The maximum Gasteiger partial charge on any atom is 0.332 e. The molecule has 1 aromatic heterocycles. The zero-order chi connectivity index (χ0) is 15.5. The number of ether oxygens (including phenoxy) is 2. The summed E-state index contributed by atoms with van der Waals surface area (Å²) in [5.74, 6) is -0.618.